The van der Waals surface area contributed by atoms with Crippen LogP contribution in [0, 0.1) is 0 Å². The van der Waals surface area contributed by atoms with Crippen molar-refractivity contribution in [3.05, 3.63) is 23.9 Å². The maximum Gasteiger partial charge on any atom is 0.326 e. The summed E-state index contributed by atoms with van der Waals surface area (Å²) in [5.41, 5.74) is 0.355. The minimum Gasteiger partial charge on any atom is -0.480 e. The van der Waals surface area contributed by atoms with Gasteiger partial charge in [0.15, 0.2) is 0 Å². The molecule has 0 aliphatic heterocycles. The first-order valence-electron chi connectivity index (χ1n) is 6.12. The summed E-state index contributed by atoms with van der Waals surface area (Å²) in [6.07, 6.45) is 2.54. The van der Waals surface area contributed by atoms with E-state index in [1.165, 1.54) is 6.20 Å². The molecule has 0 aromatic carbocycles. The van der Waals surface area contributed by atoms with Gasteiger partial charge in [0, 0.05) is 20.3 Å². The first-order chi connectivity index (χ1) is 8.95. The van der Waals surface area contributed by atoms with Gasteiger partial charge in [0.25, 0.3) is 5.91 Å². The second-order valence-corrected chi connectivity index (χ2v) is 4.45. The lowest BCUT2D eigenvalue weighted by Gasteiger charge is -2.14. The predicted molar refractivity (Wildman–Crippen MR) is 72.4 cm³/mol. The van der Waals surface area contributed by atoms with Crippen LogP contribution in [0.15, 0.2) is 18.3 Å². The molecule has 1 amide bonds. The molecule has 1 atom stereocenters. The fourth-order valence-corrected chi connectivity index (χ4v) is 1.57. The van der Waals surface area contributed by atoms with Crippen molar-refractivity contribution in [1.82, 2.24) is 10.3 Å². The molecule has 6 heteroatoms. The van der Waals surface area contributed by atoms with E-state index >= 15 is 0 Å². The van der Waals surface area contributed by atoms with Crippen molar-refractivity contribution in [3.8, 4) is 0 Å². The number of pyridine rings is 1. The average molecular weight is 265 g/mol. The van der Waals surface area contributed by atoms with Crippen molar-refractivity contribution in [2.75, 3.05) is 19.0 Å². The zero-order chi connectivity index (χ0) is 14.4. The lowest BCUT2D eigenvalue weighted by molar-refractivity contribution is -0.139. The molecule has 0 radical (unpaired) electrons. The lowest BCUT2D eigenvalue weighted by Crippen LogP contribution is -2.40. The third-order valence-corrected chi connectivity index (χ3v) is 2.65. The number of aromatic nitrogens is 1. The average Bonchev–Trinajstić information content (AvgIpc) is 2.38. The summed E-state index contributed by atoms with van der Waals surface area (Å²) >= 11 is 0. The van der Waals surface area contributed by atoms with E-state index in [1.807, 2.05) is 25.9 Å². The van der Waals surface area contributed by atoms with E-state index in [9.17, 15) is 9.59 Å². The molecule has 0 spiro atoms. The number of rotatable bonds is 6. The standard InChI is InChI=1S/C13H19N3O3/c1-4-5-10(13(18)19)15-12(17)9-6-7-11(14-8-9)16(2)3/h6-8,10H,4-5H2,1-3H3,(H,15,17)(H,18,19)/t10-/m1/s1. The number of anilines is 1. The van der Waals surface area contributed by atoms with E-state index < -0.39 is 17.9 Å². The van der Waals surface area contributed by atoms with Gasteiger partial charge in [-0.3, -0.25) is 4.79 Å². The maximum atomic E-state index is 11.9. The zero-order valence-corrected chi connectivity index (χ0v) is 11.4. The summed E-state index contributed by atoms with van der Waals surface area (Å²) in [4.78, 5) is 28.8. The molecule has 104 valence electrons. The van der Waals surface area contributed by atoms with Gasteiger partial charge in [-0.1, -0.05) is 13.3 Å². The Hall–Kier alpha value is -2.11. The SMILES string of the molecule is CCC[C@@H](NC(=O)c1ccc(N(C)C)nc1)C(=O)O. The van der Waals surface area contributed by atoms with Crippen LogP contribution in [0.4, 0.5) is 5.82 Å². The minimum atomic E-state index is -1.02. The molecule has 0 fully saturated rings. The molecule has 1 aromatic heterocycles. The predicted octanol–water partition coefficient (Wildman–Crippen LogP) is 1.13. The number of hydrogen-bond acceptors (Lipinski definition) is 4. The molecule has 0 saturated heterocycles. The highest BCUT2D eigenvalue weighted by Gasteiger charge is 2.19. The smallest absolute Gasteiger partial charge is 0.326 e. The monoisotopic (exact) mass is 265 g/mol. The van der Waals surface area contributed by atoms with E-state index in [0.29, 0.717) is 18.4 Å². The fourth-order valence-electron chi connectivity index (χ4n) is 1.57. The number of amides is 1. The van der Waals surface area contributed by atoms with Crippen molar-refractivity contribution in [2.24, 2.45) is 0 Å². The Kier molecular flexibility index (Phi) is 5.29. The van der Waals surface area contributed by atoms with Gasteiger partial charge in [-0.05, 0) is 18.6 Å². The summed E-state index contributed by atoms with van der Waals surface area (Å²) in [5, 5.41) is 11.5. The largest absolute Gasteiger partial charge is 0.480 e. The summed E-state index contributed by atoms with van der Waals surface area (Å²) in [6, 6.07) is 2.48. The number of aliphatic carboxylic acids is 1. The second kappa shape index (κ2) is 6.72. The maximum absolute atomic E-state index is 11.9. The topological polar surface area (TPSA) is 82.5 Å². The fraction of sp³-hybridized carbons (Fsp3) is 0.462. The number of nitrogens with zero attached hydrogens (tertiary/aromatic N) is 2. The number of hydrogen-bond donors (Lipinski definition) is 2. The van der Waals surface area contributed by atoms with Crippen LogP contribution in [0.5, 0.6) is 0 Å². The van der Waals surface area contributed by atoms with E-state index in [2.05, 4.69) is 10.3 Å². The third-order valence-electron chi connectivity index (χ3n) is 2.65. The van der Waals surface area contributed by atoms with Crippen LogP contribution in [0.2, 0.25) is 0 Å². The highest BCUT2D eigenvalue weighted by molar-refractivity contribution is 5.96. The van der Waals surface area contributed by atoms with Gasteiger partial charge in [-0.2, -0.15) is 0 Å². The first kappa shape index (κ1) is 14.9. The van der Waals surface area contributed by atoms with Crippen LogP contribution in [0.25, 0.3) is 0 Å². The third kappa shape index (κ3) is 4.24. The van der Waals surface area contributed by atoms with Crippen LogP contribution >= 0.6 is 0 Å². The summed E-state index contributed by atoms with van der Waals surface area (Å²) < 4.78 is 0. The normalized spacial score (nSPS) is 11.7. The van der Waals surface area contributed by atoms with Crippen LogP contribution in [0.1, 0.15) is 30.1 Å². The number of carboxylic acids is 1. The summed E-state index contributed by atoms with van der Waals surface area (Å²) in [7, 11) is 3.70. The lowest BCUT2D eigenvalue weighted by atomic mass is 10.1. The molecule has 1 rings (SSSR count). The van der Waals surface area contributed by atoms with Crippen molar-refractivity contribution in [3.63, 3.8) is 0 Å². The Morgan fingerprint density at radius 3 is 2.53 bits per heavy atom. The van der Waals surface area contributed by atoms with Gasteiger partial charge < -0.3 is 15.3 Å². The van der Waals surface area contributed by atoms with Crippen molar-refractivity contribution in [1.29, 1.82) is 0 Å². The zero-order valence-electron chi connectivity index (χ0n) is 11.4. The van der Waals surface area contributed by atoms with E-state index in [1.54, 1.807) is 12.1 Å². The highest BCUT2D eigenvalue weighted by atomic mass is 16.4. The van der Waals surface area contributed by atoms with Crippen molar-refractivity contribution in [2.45, 2.75) is 25.8 Å². The van der Waals surface area contributed by atoms with Crippen LogP contribution in [-0.4, -0.2) is 42.1 Å². The van der Waals surface area contributed by atoms with Crippen LogP contribution in [-0.2, 0) is 4.79 Å². The molecule has 0 aliphatic rings. The molecule has 0 unspecified atom stereocenters. The number of nitrogens with one attached hydrogen (secondary N) is 1. The molecule has 0 saturated carbocycles. The van der Waals surface area contributed by atoms with E-state index in [-0.39, 0.29) is 0 Å². The molecule has 0 bridgehead atoms. The van der Waals surface area contributed by atoms with E-state index in [4.69, 9.17) is 5.11 Å². The Morgan fingerprint density at radius 1 is 1.42 bits per heavy atom. The Balaban J connectivity index is 2.74. The molecular weight excluding hydrogens is 246 g/mol. The Bertz CT molecular complexity index is 443. The second-order valence-electron chi connectivity index (χ2n) is 4.45. The molecule has 2 N–H and O–H groups in total. The Labute approximate surface area is 112 Å². The van der Waals surface area contributed by atoms with Crippen LogP contribution < -0.4 is 10.2 Å². The Morgan fingerprint density at radius 2 is 2.11 bits per heavy atom. The van der Waals surface area contributed by atoms with Crippen molar-refractivity contribution >= 4 is 17.7 Å². The van der Waals surface area contributed by atoms with Gasteiger partial charge in [0.1, 0.15) is 11.9 Å². The molecule has 19 heavy (non-hydrogen) atoms. The van der Waals surface area contributed by atoms with Crippen molar-refractivity contribution < 1.29 is 14.7 Å². The number of carbonyl (C=O) groups is 2. The molecule has 0 aliphatic carbocycles. The molecular formula is C13H19N3O3. The van der Waals surface area contributed by atoms with Gasteiger partial charge in [-0.25, -0.2) is 9.78 Å². The summed E-state index contributed by atoms with van der Waals surface area (Å²) in [5.74, 6) is -0.702. The van der Waals surface area contributed by atoms with E-state index in [0.717, 1.165) is 5.82 Å². The van der Waals surface area contributed by atoms with Gasteiger partial charge in [0.2, 0.25) is 0 Å². The van der Waals surface area contributed by atoms with Crippen LogP contribution in [0.3, 0.4) is 0 Å². The summed E-state index contributed by atoms with van der Waals surface area (Å²) in [6.45, 7) is 1.87. The first-order valence-corrected chi connectivity index (χ1v) is 6.12. The number of carbonyl (C=O) groups excluding carboxylic acids is 1. The molecule has 6 nitrogen and oxygen atoms in total. The highest BCUT2D eigenvalue weighted by Crippen LogP contribution is 2.08. The van der Waals surface area contributed by atoms with Gasteiger partial charge in [-0.15, -0.1) is 0 Å². The molecule has 1 heterocycles. The van der Waals surface area contributed by atoms with Gasteiger partial charge >= 0.3 is 5.97 Å². The number of carboxylic acid groups (broad SMARTS) is 1. The quantitative estimate of drug-likeness (QED) is 0.805. The minimum absolute atomic E-state index is 0.355. The van der Waals surface area contributed by atoms with Gasteiger partial charge in [0.05, 0.1) is 5.56 Å². The molecule has 1 aromatic rings.